The molecule has 0 aliphatic carbocycles. The zero-order valence-corrected chi connectivity index (χ0v) is 12.4. The van der Waals surface area contributed by atoms with Crippen molar-refractivity contribution in [2.24, 2.45) is 0 Å². The maximum absolute atomic E-state index is 4.55. The lowest BCUT2D eigenvalue weighted by Gasteiger charge is -2.08. The largest absolute Gasteiger partial charge is 0.369 e. The van der Waals surface area contributed by atoms with Gasteiger partial charge in [-0.25, -0.2) is 9.97 Å². The third kappa shape index (κ3) is 3.63. The Morgan fingerprint density at radius 3 is 2.78 bits per heavy atom. The van der Waals surface area contributed by atoms with Crippen LogP contribution in [0.15, 0.2) is 30.7 Å². The van der Waals surface area contributed by atoms with Crippen LogP contribution in [0.4, 0.5) is 5.82 Å². The maximum Gasteiger partial charge on any atom is 0.143 e. The second kappa shape index (κ2) is 6.63. The summed E-state index contributed by atoms with van der Waals surface area (Å²) >= 11 is 2.25. The molecule has 0 aliphatic rings. The summed E-state index contributed by atoms with van der Waals surface area (Å²) in [7, 11) is 0. The van der Waals surface area contributed by atoms with Gasteiger partial charge in [0.15, 0.2) is 0 Å². The summed E-state index contributed by atoms with van der Waals surface area (Å²) in [6.45, 7) is 3.07. The van der Waals surface area contributed by atoms with Gasteiger partial charge in [0.1, 0.15) is 11.6 Å². The Labute approximate surface area is 120 Å². The first-order valence-corrected chi connectivity index (χ1v) is 7.01. The monoisotopic (exact) mass is 354 g/mol. The molecule has 0 aliphatic heterocycles. The molecule has 0 bridgehead atoms. The second-order valence-electron chi connectivity index (χ2n) is 3.94. The summed E-state index contributed by atoms with van der Waals surface area (Å²) in [6.07, 6.45) is 7.26. The summed E-state index contributed by atoms with van der Waals surface area (Å²) in [6, 6.07) is 3.97. The van der Waals surface area contributed by atoms with E-state index in [0.29, 0.717) is 0 Å². The van der Waals surface area contributed by atoms with E-state index in [-0.39, 0.29) is 0 Å². The molecule has 94 valence electrons. The Kier molecular flexibility index (Phi) is 4.86. The average molecular weight is 354 g/mol. The van der Waals surface area contributed by atoms with Crippen LogP contribution in [-0.4, -0.2) is 21.5 Å². The topological polar surface area (TPSA) is 50.7 Å². The molecule has 0 fully saturated rings. The number of halogens is 1. The van der Waals surface area contributed by atoms with Crippen LogP contribution in [0.1, 0.15) is 24.7 Å². The lowest BCUT2D eigenvalue weighted by Crippen LogP contribution is -2.07. The van der Waals surface area contributed by atoms with Crippen molar-refractivity contribution in [3.63, 3.8) is 0 Å². The molecule has 0 atom stereocenters. The van der Waals surface area contributed by atoms with E-state index in [1.807, 2.05) is 18.3 Å². The van der Waals surface area contributed by atoms with E-state index in [2.05, 4.69) is 49.8 Å². The second-order valence-corrected chi connectivity index (χ2v) is 5.10. The van der Waals surface area contributed by atoms with Crippen LogP contribution in [0.2, 0.25) is 0 Å². The average Bonchev–Trinajstić information content (AvgIpc) is 2.40. The van der Waals surface area contributed by atoms with Crippen molar-refractivity contribution in [3.05, 3.63) is 45.7 Å². The lowest BCUT2D eigenvalue weighted by atomic mass is 10.2. The third-order valence-electron chi connectivity index (χ3n) is 2.45. The van der Waals surface area contributed by atoms with Crippen molar-refractivity contribution in [2.45, 2.75) is 19.8 Å². The fourth-order valence-electron chi connectivity index (χ4n) is 1.54. The van der Waals surface area contributed by atoms with Gasteiger partial charge in [-0.3, -0.25) is 4.98 Å². The number of anilines is 1. The molecule has 4 nitrogen and oxygen atoms in total. The highest BCUT2D eigenvalue weighted by molar-refractivity contribution is 14.1. The molecule has 0 aromatic carbocycles. The molecule has 2 heterocycles. The molecular formula is C13H15IN4. The van der Waals surface area contributed by atoms with Gasteiger partial charge in [0.2, 0.25) is 0 Å². The van der Waals surface area contributed by atoms with Gasteiger partial charge in [-0.05, 0) is 46.7 Å². The molecule has 0 unspecified atom stereocenters. The maximum atomic E-state index is 4.55. The standard InChI is InChI=1S/C13H15IN4/c1-2-5-16-13-11(14)9-17-12(18-13)8-10-3-6-15-7-4-10/h3-4,6-7,9H,2,5,8H2,1H3,(H,16,17,18). The summed E-state index contributed by atoms with van der Waals surface area (Å²) in [4.78, 5) is 12.9. The van der Waals surface area contributed by atoms with Gasteiger partial charge in [0, 0.05) is 31.6 Å². The molecule has 2 aromatic rings. The van der Waals surface area contributed by atoms with E-state index in [4.69, 9.17) is 0 Å². The predicted molar refractivity (Wildman–Crippen MR) is 80.6 cm³/mol. The first kappa shape index (κ1) is 13.2. The normalized spacial score (nSPS) is 10.3. The highest BCUT2D eigenvalue weighted by Gasteiger charge is 2.05. The fraction of sp³-hybridized carbons (Fsp3) is 0.308. The first-order chi connectivity index (χ1) is 8.79. The van der Waals surface area contributed by atoms with E-state index >= 15 is 0 Å². The Hall–Kier alpha value is -1.24. The predicted octanol–water partition coefficient (Wildman–Crippen LogP) is 2.89. The SMILES string of the molecule is CCCNc1nc(Cc2ccncc2)ncc1I. The summed E-state index contributed by atoms with van der Waals surface area (Å²) in [5.74, 6) is 1.76. The van der Waals surface area contributed by atoms with Crippen LogP contribution in [0.5, 0.6) is 0 Å². The number of nitrogens with one attached hydrogen (secondary N) is 1. The first-order valence-electron chi connectivity index (χ1n) is 5.93. The molecule has 0 saturated heterocycles. The minimum absolute atomic E-state index is 0.736. The van der Waals surface area contributed by atoms with Gasteiger partial charge in [-0.15, -0.1) is 0 Å². The quantitative estimate of drug-likeness (QED) is 0.839. The molecule has 2 aromatic heterocycles. The lowest BCUT2D eigenvalue weighted by molar-refractivity contribution is 0.925. The zero-order valence-electron chi connectivity index (χ0n) is 10.2. The molecule has 0 amide bonds. The van der Waals surface area contributed by atoms with E-state index in [1.165, 1.54) is 5.56 Å². The summed E-state index contributed by atoms with van der Waals surface area (Å²) in [5.41, 5.74) is 1.17. The highest BCUT2D eigenvalue weighted by Crippen LogP contribution is 2.15. The molecule has 2 rings (SSSR count). The Bertz CT molecular complexity index is 502. The zero-order chi connectivity index (χ0) is 12.8. The Morgan fingerprint density at radius 1 is 1.28 bits per heavy atom. The number of hydrogen-bond donors (Lipinski definition) is 1. The number of pyridine rings is 1. The fourth-order valence-corrected chi connectivity index (χ4v) is 1.99. The number of aromatic nitrogens is 3. The minimum Gasteiger partial charge on any atom is -0.369 e. The smallest absolute Gasteiger partial charge is 0.143 e. The van der Waals surface area contributed by atoms with Crippen molar-refractivity contribution < 1.29 is 0 Å². The van der Waals surface area contributed by atoms with Crippen LogP contribution < -0.4 is 5.32 Å². The van der Waals surface area contributed by atoms with Crippen molar-refractivity contribution in [1.29, 1.82) is 0 Å². The van der Waals surface area contributed by atoms with Gasteiger partial charge in [-0.2, -0.15) is 0 Å². The van der Waals surface area contributed by atoms with E-state index in [9.17, 15) is 0 Å². The van der Waals surface area contributed by atoms with Crippen molar-refractivity contribution in [3.8, 4) is 0 Å². The molecule has 1 N–H and O–H groups in total. The van der Waals surface area contributed by atoms with Crippen molar-refractivity contribution in [2.75, 3.05) is 11.9 Å². The number of hydrogen-bond acceptors (Lipinski definition) is 4. The third-order valence-corrected chi connectivity index (χ3v) is 3.24. The minimum atomic E-state index is 0.736. The Balaban J connectivity index is 2.14. The molecular weight excluding hydrogens is 339 g/mol. The van der Waals surface area contributed by atoms with Gasteiger partial charge < -0.3 is 5.32 Å². The van der Waals surface area contributed by atoms with E-state index in [1.54, 1.807) is 12.4 Å². The van der Waals surface area contributed by atoms with Crippen LogP contribution in [0.25, 0.3) is 0 Å². The number of rotatable bonds is 5. The molecule has 5 heteroatoms. The van der Waals surface area contributed by atoms with Crippen LogP contribution in [-0.2, 0) is 6.42 Å². The Morgan fingerprint density at radius 2 is 2.06 bits per heavy atom. The van der Waals surface area contributed by atoms with Gasteiger partial charge in [-0.1, -0.05) is 6.92 Å². The summed E-state index contributed by atoms with van der Waals surface area (Å²) in [5, 5.41) is 3.32. The van der Waals surface area contributed by atoms with Crippen molar-refractivity contribution >= 4 is 28.4 Å². The molecule has 0 radical (unpaired) electrons. The van der Waals surface area contributed by atoms with Crippen LogP contribution in [0, 0.1) is 3.57 Å². The van der Waals surface area contributed by atoms with Gasteiger partial charge in [0.05, 0.1) is 3.57 Å². The molecule has 18 heavy (non-hydrogen) atoms. The van der Waals surface area contributed by atoms with E-state index < -0.39 is 0 Å². The summed E-state index contributed by atoms with van der Waals surface area (Å²) < 4.78 is 1.06. The number of nitrogens with zero attached hydrogens (tertiary/aromatic N) is 3. The van der Waals surface area contributed by atoms with Crippen molar-refractivity contribution in [1.82, 2.24) is 15.0 Å². The van der Waals surface area contributed by atoms with Gasteiger partial charge >= 0.3 is 0 Å². The van der Waals surface area contributed by atoms with Crippen LogP contribution >= 0.6 is 22.6 Å². The van der Waals surface area contributed by atoms with Gasteiger partial charge in [0.25, 0.3) is 0 Å². The highest BCUT2D eigenvalue weighted by atomic mass is 127. The molecule has 0 saturated carbocycles. The van der Waals surface area contributed by atoms with Crippen LogP contribution in [0.3, 0.4) is 0 Å². The van der Waals surface area contributed by atoms with E-state index in [0.717, 1.165) is 34.6 Å². The molecule has 0 spiro atoms.